The fourth-order valence-corrected chi connectivity index (χ4v) is 3.99. The second kappa shape index (κ2) is 8.10. The summed E-state index contributed by atoms with van der Waals surface area (Å²) in [7, 11) is -3.72. The number of halogens is 3. The van der Waals surface area contributed by atoms with E-state index in [1.54, 1.807) is 13.8 Å². The standard InChI is InChI=1S/C18H19F3N2O3S/c1-3-23(4-2)27(25,26)16-10-6-9-15(12-16)22-17(24)13-7-5-8-14(11-13)18(19,20)21/h5-12H,3-4H2,1-2H3,(H,22,24). The number of nitrogens with zero attached hydrogens (tertiary/aromatic N) is 1. The third-order valence-corrected chi connectivity index (χ3v) is 5.93. The maximum Gasteiger partial charge on any atom is 0.416 e. The molecule has 1 N–H and O–H groups in total. The molecule has 0 atom stereocenters. The molecule has 0 bridgehead atoms. The van der Waals surface area contributed by atoms with Crippen LogP contribution in [-0.2, 0) is 16.2 Å². The van der Waals surface area contributed by atoms with Crippen LogP contribution in [0.4, 0.5) is 18.9 Å². The maximum atomic E-state index is 12.8. The van der Waals surface area contributed by atoms with Gasteiger partial charge in [-0.05, 0) is 36.4 Å². The fraction of sp³-hybridized carbons (Fsp3) is 0.278. The van der Waals surface area contributed by atoms with E-state index < -0.39 is 27.7 Å². The molecule has 2 aromatic rings. The minimum atomic E-state index is -4.56. The van der Waals surface area contributed by atoms with Crippen LogP contribution in [0.15, 0.2) is 53.4 Å². The summed E-state index contributed by atoms with van der Waals surface area (Å²) in [5, 5.41) is 2.44. The number of alkyl halides is 3. The third kappa shape index (κ3) is 4.86. The zero-order chi connectivity index (χ0) is 20.2. The number of hydrogen-bond donors (Lipinski definition) is 1. The van der Waals surface area contributed by atoms with Crippen LogP contribution >= 0.6 is 0 Å². The average molecular weight is 400 g/mol. The maximum absolute atomic E-state index is 12.8. The molecule has 0 aromatic heterocycles. The lowest BCUT2D eigenvalue weighted by Crippen LogP contribution is -2.30. The average Bonchev–Trinajstić information content (AvgIpc) is 2.62. The van der Waals surface area contributed by atoms with Gasteiger partial charge in [-0.1, -0.05) is 26.0 Å². The van der Waals surface area contributed by atoms with Crippen LogP contribution in [0.2, 0.25) is 0 Å². The molecule has 0 aliphatic heterocycles. The molecule has 0 radical (unpaired) electrons. The highest BCUT2D eigenvalue weighted by atomic mass is 32.2. The molecule has 1 amide bonds. The van der Waals surface area contributed by atoms with E-state index in [9.17, 15) is 26.4 Å². The lowest BCUT2D eigenvalue weighted by Gasteiger charge is -2.19. The van der Waals surface area contributed by atoms with Gasteiger partial charge >= 0.3 is 6.18 Å². The number of carbonyl (C=O) groups is 1. The number of benzene rings is 2. The van der Waals surface area contributed by atoms with Gasteiger partial charge in [0.15, 0.2) is 0 Å². The van der Waals surface area contributed by atoms with E-state index in [2.05, 4.69) is 5.32 Å². The van der Waals surface area contributed by atoms with Crippen LogP contribution in [0.5, 0.6) is 0 Å². The van der Waals surface area contributed by atoms with E-state index in [0.29, 0.717) is 13.1 Å². The van der Waals surface area contributed by atoms with Crippen molar-refractivity contribution in [3.8, 4) is 0 Å². The second-order valence-electron chi connectivity index (χ2n) is 5.65. The minimum absolute atomic E-state index is 0.00644. The van der Waals surface area contributed by atoms with Crippen molar-refractivity contribution < 1.29 is 26.4 Å². The highest BCUT2D eigenvalue weighted by Gasteiger charge is 2.31. The predicted octanol–water partition coefficient (Wildman–Crippen LogP) is 3.99. The van der Waals surface area contributed by atoms with Crippen LogP contribution in [0.25, 0.3) is 0 Å². The molecular weight excluding hydrogens is 381 g/mol. The molecule has 0 spiro atoms. The Bertz CT molecular complexity index is 923. The van der Waals surface area contributed by atoms with Crippen LogP contribution in [0.1, 0.15) is 29.8 Å². The quantitative estimate of drug-likeness (QED) is 0.797. The van der Waals surface area contributed by atoms with E-state index in [-0.39, 0.29) is 16.1 Å². The molecule has 0 heterocycles. The summed E-state index contributed by atoms with van der Waals surface area (Å²) in [6.45, 7) is 4.00. The topological polar surface area (TPSA) is 66.5 Å². The molecule has 146 valence electrons. The summed E-state index contributed by atoms with van der Waals surface area (Å²) in [4.78, 5) is 12.3. The Morgan fingerprint density at radius 1 is 1.04 bits per heavy atom. The largest absolute Gasteiger partial charge is 0.416 e. The Labute approximate surface area is 155 Å². The van der Waals surface area contributed by atoms with E-state index in [1.165, 1.54) is 34.6 Å². The number of amides is 1. The van der Waals surface area contributed by atoms with Gasteiger partial charge in [-0.3, -0.25) is 4.79 Å². The Kier molecular flexibility index (Phi) is 6.27. The van der Waals surface area contributed by atoms with E-state index in [0.717, 1.165) is 18.2 Å². The van der Waals surface area contributed by atoms with Crippen molar-refractivity contribution in [1.82, 2.24) is 4.31 Å². The highest BCUT2D eigenvalue weighted by Crippen LogP contribution is 2.29. The molecule has 0 saturated heterocycles. The SMILES string of the molecule is CCN(CC)S(=O)(=O)c1cccc(NC(=O)c2cccc(C(F)(F)F)c2)c1. The normalized spacial score (nSPS) is 12.2. The van der Waals surface area contributed by atoms with Gasteiger partial charge in [0.1, 0.15) is 0 Å². The fourth-order valence-electron chi connectivity index (χ4n) is 2.49. The molecular formula is C18H19F3N2O3S. The summed E-state index contributed by atoms with van der Waals surface area (Å²) in [5.74, 6) is -0.765. The van der Waals surface area contributed by atoms with Gasteiger partial charge in [-0.15, -0.1) is 0 Å². The smallest absolute Gasteiger partial charge is 0.322 e. The molecule has 0 fully saturated rings. The monoisotopic (exact) mass is 400 g/mol. The number of sulfonamides is 1. The van der Waals surface area contributed by atoms with Crippen LogP contribution in [0, 0.1) is 0 Å². The predicted molar refractivity (Wildman–Crippen MR) is 95.9 cm³/mol. The molecule has 5 nitrogen and oxygen atoms in total. The molecule has 0 aliphatic carbocycles. The summed E-state index contributed by atoms with van der Waals surface area (Å²) in [5.41, 5.74) is -0.944. The van der Waals surface area contributed by atoms with E-state index in [1.807, 2.05) is 0 Å². The second-order valence-corrected chi connectivity index (χ2v) is 7.59. The molecule has 9 heteroatoms. The van der Waals surface area contributed by atoms with Crippen LogP contribution in [0.3, 0.4) is 0 Å². The van der Waals surface area contributed by atoms with Gasteiger partial charge in [0, 0.05) is 24.3 Å². The first-order chi connectivity index (χ1) is 12.6. The molecule has 2 rings (SSSR count). The van der Waals surface area contributed by atoms with Gasteiger partial charge in [0.25, 0.3) is 5.91 Å². The van der Waals surface area contributed by atoms with Crippen molar-refractivity contribution in [3.63, 3.8) is 0 Å². The van der Waals surface area contributed by atoms with Crippen molar-refractivity contribution in [2.24, 2.45) is 0 Å². The summed E-state index contributed by atoms with van der Waals surface area (Å²) < 4.78 is 64.7. The zero-order valence-corrected chi connectivity index (χ0v) is 15.6. The lowest BCUT2D eigenvalue weighted by molar-refractivity contribution is -0.137. The minimum Gasteiger partial charge on any atom is -0.322 e. The Balaban J connectivity index is 2.28. The number of rotatable bonds is 6. The first-order valence-corrected chi connectivity index (χ1v) is 9.62. The Hall–Kier alpha value is -2.39. The van der Waals surface area contributed by atoms with Crippen molar-refractivity contribution >= 4 is 21.6 Å². The van der Waals surface area contributed by atoms with E-state index in [4.69, 9.17) is 0 Å². The number of carbonyl (C=O) groups excluding carboxylic acids is 1. The lowest BCUT2D eigenvalue weighted by atomic mass is 10.1. The van der Waals surface area contributed by atoms with Crippen LogP contribution in [-0.4, -0.2) is 31.7 Å². The number of hydrogen-bond acceptors (Lipinski definition) is 3. The van der Waals surface area contributed by atoms with Crippen molar-refractivity contribution in [2.75, 3.05) is 18.4 Å². The van der Waals surface area contributed by atoms with E-state index >= 15 is 0 Å². The molecule has 27 heavy (non-hydrogen) atoms. The first-order valence-electron chi connectivity index (χ1n) is 8.18. The third-order valence-electron chi connectivity index (χ3n) is 3.89. The van der Waals surface area contributed by atoms with Crippen molar-refractivity contribution in [3.05, 3.63) is 59.7 Å². The van der Waals surface area contributed by atoms with Crippen molar-refractivity contribution in [2.45, 2.75) is 24.9 Å². The van der Waals surface area contributed by atoms with Gasteiger partial charge < -0.3 is 5.32 Å². The van der Waals surface area contributed by atoms with Crippen LogP contribution < -0.4 is 5.32 Å². The molecule has 0 saturated carbocycles. The number of nitrogens with one attached hydrogen (secondary N) is 1. The summed E-state index contributed by atoms with van der Waals surface area (Å²) >= 11 is 0. The molecule has 2 aromatic carbocycles. The van der Waals surface area contributed by atoms with Gasteiger partial charge in [-0.2, -0.15) is 17.5 Å². The summed E-state index contributed by atoms with van der Waals surface area (Å²) in [6.07, 6.45) is -4.56. The zero-order valence-electron chi connectivity index (χ0n) is 14.7. The summed E-state index contributed by atoms with van der Waals surface area (Å²) in [6, 6.07) is 9.59. The Morgan fingerprint density at radius 3 is 2.26 bits per heavy atom. The van der Waals surface area contributed by atoms with Gasteiger partial charge in [0.05, 0.1) is 10.5 Å². The Morgan fingerprint density at radius 2 is 1.67 bits per heavy atom. The molecule has 0 aliphatic rings. The molecule has 0 unspecified atom stereocenters. The first kappa shape index (κ1) is 20.9. The highest BCUT2D eigenvalue weighted by molar-refractivity contribution is 7.89. The van der Waals surface area contributed by atoms with Gasteiger partial charge in [0.2, 0.25) is 10.0 Å². The van der Waals surface area contributed by atoms with Crippen molar-refractivity contribution in [1.29, 1.82) is 0 Å². The number of anilines is 1. The van der Waals surface area contributed by atoms with Gasteiger partial charge in [-0.25, -0.2) is 8.42 Å².